The molecule has 5 rings (SSSR count). The average Bonchev–Trinajstić information content (AvgIpc) is 3.03. The van der Waals surface area contributed by atoms with E-state index in [0.717, 1.165) is 56.4 Å². The first-order valence-electron chi connectivity index (χ1n) is 18.3. The Morgan fingerprint density at radius 2 is 0.875 bits per heavy atom. The lowest BCUT2D eigenvalue weighted by molar-refractivity contribution is -0.131. The molecule has 1 N–H and O–H groups in total. The number of hydrogen-bond acceptors (Lipinski definition) is 3. The molecule has 0 heterocycles. The molecule has 5 saturated carbocycles. The van der Waals surface area contributed by atoms with E-state index in [1.807, 2.05) is 0 Å². The molecular weight excluding hydrogens is 490 g/mol. The summed E-state index contributed by atoms with van der Waals surface area (Å²) in [4.78, 5) is 23.6. The zero-order valence-corrected chi connectivity index (χ0v) is 26.9. The largest absolute Gasteiger partial charge is 0.317 e. The zero-order valence-electron chi connectivity index (χ0n) is 26.9. The summed E-state index contributed by atoms with van der Waals surface area (Å²) in [6, 6.07) is 0.837. The van der Waals surface area contributed by atoms with Crippen molar-refractivity contribution in [3.05, 3.63) is 0 Å². The molecule has 0 atom stereocenters. The maximum absolute atomic E-state index is 12.3. The second-order valence-corrected chi connectivity index (χ2v) is 14.5. The van der Waals surface area contributed by atoms with Gasteiger partial charge in [0.15, 0.2) is 0 Å². The third-order valence-electron chi connectivity index (χ3n) is 11.4. The Labute approximate surface area is 249 Å². The van der Waals surface area contributed by atoms with E-state index in [0.29, 0.717) is 17.5 Å². The molecule has 0 unspecified atom stereocenters. The third kappa shape index (κ3) is 13.1. The summed E-state index contributed by atoms with van der Waals surface area (Å²) < 4.78 is 0. The lowest BCUT2D eigenvalue weighted by Gasteiger charge is -2.30. The van der Waals surface area contributed by atoms with Gasteiger partial charge in [0.25, 0.3) is 0 Å². The molecule has 232 valence electrons. The van der Waals surface area contributed by atoms with Gasteiger partial charge in [0.05, 0.1) is 0 Å². The summed E-state index contributed by atoms with van der Waals surface area (Å²) >= 11 is 0. The van der Waals surface area contributed by atoms with Crippen molar-refractivity contribution in [1.29, 1.82) is 0 Å². The Bertz CT molecular complexity index is 640. The van der Waals surface area contributed by atoms with E-state index in [4.69, 9.17) is 0 Å². The van der Waals surface area contributed by atoms with E-state index in [1.54, 1.807) is 45.4 Å². The SMILES string of the molecule is C1CCC(CCCC2CCCCC2)CC1.CC(=O)C1CCC(C(=O)C2CCCCC2)CC1.CNC1CCCCC1. The number of Topliss-reactive ketones (excluding diaryl/α,β-unsaturated/α-hetero) is 2. The van der Waals surface area contributed by atoms with Gasteiger partial charge >= 0.3 is 0 Å². The minimum absolute atomic E-state index is 0.241. The van der Waals surface area contributed by atoms with Crippen molar-refractivity contribution in [2.75, 3.05) is 7.05 Å². The van der Waals surface area contributed by atoms with Crippen LogP contribution in [0.25, 0.3) is 0 Å². The van der Waals surface area contributed by atoms with Crippen LogP contribution < -0.4 is 5.32 Å². The summed E-state index contributed by atoms with van der Waals surface area (Å²) in [5.41, 5.74) is 0. The van der Waals surface area contributed by atoms with Crippen LogP contribution >= 0.6 is 0 Å². The molecule has 5 fully saturated rings. The highest BCUT2D eigenvalue weighted by Gasteiger charge is 2.32. The van der Waals surface area contributed by atoms with Crippen LogP contribution in [0.1, 0.15) is 180 Å². The van der Waals surface area contributed by atoms with Crippen LogP contribution in [0.4, 0.5) is 0 Å². The van der Waals surface area contributed by atoms with Gasteiger partial charge in [-0.2, -0.15) is 0 Å². The van der Waals surface area contributed by atoms with Crippen LogP contribution in [-0.4, -0.2) is 24.7 Å². The number of rotatable bonds is 8. The molecule has 0 aromatic heterocycles. The molecular formula is C37H67NO2. The van der Waals surface area contributed by atoms with Gasteiger partial charge in [-0.25, -0.2) is 0 Å². The van der Waals surface area contributed by atoms with Gasteiger partial charge in [-0.15, -0.1) is 0 Å². The Morgan fingerprint density at radius 3 is 1.27 bits per heavy atom. The first-order valence-corrected chi connectivity index (χ1v) is 18.3. The molecule has 5 aliphatic carbocycles. The predicted molar refractivity (Wildman–Crippen MR) is 171 cm³/mol. The standard InChI is InChI=1S/C15H24O2.C15H28.C7H15N/c1-11(16)12-7-9-14(10-8-12)15(17)13-5-3-2-4-6-13;1-3-8-14(9-4-1)12-7-13-15-10-5-2-6-11-15;1-8-7-5-3-2-4-6-7/h12-14H,2-10H2,1H3;14-15H,1-13H2;7-8H,2-6H2,1H3. The van der Waals surface area contributed by atoms with Gasteiger partial charge < -0.3 is 5.32 Å². The maximum Gasteiger partial charge on any atom is 0.139 e. The summed E-state index contributed by atoms with van der Waals surface area (Å²) in [5.74, 6) is 3.92. The maximum atomic E-state index is 12.3. The highest BCUT2D eigenvalue weighted by atomic mass is 16.1. The Balaban J connectivity index is 0.000000176. The average molecular weight is 558 g/mol. The van der Waals surface area contributed by atoms with E-state index in [9.17, 15) is 9.59 Å². The topological polar surface area (TPSA) is 46.2 Å². The van der Waals surface area contributed by atoms with Crippen LogP contribution in [0.2, 0.25) is 0 Å². The lowest BCUT2D eigenvalue weighted by Crippen LogP contribution is -2.30. The Morgan fingerprint density at radius 1 is 0.500 bits per heavy atom. The highest BCUT2D eigenvalue weighted by Crippen LogP contribution is 2.35. The van der Waals surface area contributed by atoms with Crippen LogP contribution in [0.3, 0.4) is 0 Å². The Hall–Kier alpha value is -0.700. The fourth-order valence-electron chi connectivity index (χ4n) is 8.54. The van der Waals surface area contributed by atoms with Crippen molar-refractivity contribution >= 4 is 11.6 Å². The number of nitrogens with one attached hydrogen (secondary N) is 1. The second-order valence-electron chi connectivity index (χ2n) is 14.5. The van der Waals surface area contributed by atoms with Crippen LogP contribution in [0.15, 0.2) is 0 Å². The van der Waals surface area contributed by atoms with Crippen molar-refractivity contribution < 1.29 is 9.59 Å². The second kappa shape index (κ2) is 20.2. The lowest BCUT2D eigenvalue weighted by atomic mass is 9.73. The summed E-state index contributed by atoms with van der Waals surface area (Å²) in [5, 5.41) is 3.30. The molecule has 0 bridgehead atoms. The van der Waals surface area contributed by atoms with Crippen LogP contribution in [0, 0.1) is 29.6 Å². The molecule has 0 spiro atoms. The minimum atomic E-state index is 0.241. The molecule has 3 heteroatoms. The van der Waals surface area contributed by atoms with Crippen molar-refractivity contribution in [3.8, 4) is 0 Å². The minimum Gasteiger partial charge on any atom is -0.317 e. The van der Waals surface area contributed by atoms with Gasteiger partial charge in [-0.3, -0.25) is 9.59 Å². The van der Waals surface area contributed by atoms with Crippen molar-refractivity contribution in [1.82, 2.24) is 5.32 Å². The molecule has 0 aliphatic heterocycles. The third-order valence-corrected chi connectivity index (χ3v) is 11.4. The smallest absolute Gasteiger partial charge is 0.139 e. The van der Waals surface area contributed by atoms with E-state index in [2.05, 4.69) is 12.4 Å². The molecule has 5 aliphatic rings. The van der Waals surface area contributed by atoms with Crippen LogP contribution in [-0.2, 0) is 9.59 Å². The fraction of sp³-hybridized carbons (Fsp3) is 0.946. The van der Waals surface area contributed by atoms with E-state index < -0.39 is 0 Å². The number of hydrogen-bond donors (Lipinski definition) is 1. The van der Waals surface area contributed by atoms with Crippen LogP contribution in [0.5, 0.6) is 0 Å². The Kier molecular flexibility index (Phi) is 17.1. The van der Waals surface area contributed by atoms with Crippen molar-refractivity contribution in [3.63, 3.8) is 0 Å². The molecule has 0 radical (unpaired) electrons. The molecule has 0 saturated heterocycles. The van der Waals surface area contributed by atoms with E-state index in [1.165, 1.54) is 96.3 Å². The van der Waals surface area contributed by atoms with Crippen molar-refractivity contribution in [2.24, 2.45) is 29.6 Å². The van der Waals surface area contributed by atoms with Gasteiger partial charge in [0, 0.05) is 23.8 Å². The molecule has 40 heavy (non-hydrogen) atoms. The van der Waals surface area contributed by atoms with E-state index in [-0.39, 0.29) is 11.8 Å². The molecule has 3 nitrogen and oxygen atoms in total. The van der Waals surface area contributed by atoms with E-state index >= 15 is 0 Å². The molecule has 0 aromatic carbocycles. The molecule has 0 aromatic rings. The zero-order chi connectivity index (χ0) is 28.4. The highest BCUT2D eigenvalue weighted by molar-refractivity contribution is 5.84. The monoisotopic (exact) mass is 558 g/mol. The van der Waals surface area contributed by atoms with Gasteiger partial charge in [-0.1, -0.05) is 122 Å². The number of carbonyl (C=O) groups is 2. The van der Waals surface area contributed by atoms with Gasteiger partial charge in [0.1, 0.15) is 11.6 Å². The first kappa shape index (κ1) is 33.8. The predicted octanol–water partition coefficient (Wildman–Crippen LogP) is 10.4. The first-order chi connectivity index (χ1) is 19.6. The quantitative estimate of drug-likeness (QED) is 0.323. The fourth-order valence-corrected chi connectivity index (χ4v) is 8.54. The number of ketones is 2. The van der Waals surface area contributed by atoms with Crippen molar-refractivity contribution in [2.45, 2.75) is 186 Å². The summed E-state index contributed by atoms with van der Waals surface area (Å²) in [7, 11) is 2.07. The molecule has 0 amide bonds. The summed E-state index contributed by atoms with van der Waals surface area (Å²) in [6.45, 7) is 1.69. The normalized spacial score (nSPS) is 27.6. The van der Waals surface area contributed by atoms with Gasteiger partial charge in [0.2, 0.25) is 0 Å². The summed E-state index contributed by atoms with van der Waals surface area (Å²) in [6.07, 6.45) is 36.9. The van der Waals surface area contributed by atoms with Gasteiger partial charge in [-0.05, 0) is 77.2 Å². The number of carbonyl (C=O) groups excluding carboxylic acids is 2.